The standard InChI is InChI=1S/C22H32N2O.ClH/c25-21(16-17-10-11-18-7-1-2-8-19(18)15-17)22(24-13-5-6-14-24)20-9-3-4-12-23-20;/h10-11,15,20,22-23H,1-9,12-14,16H2;1H. The molecule has 4 rings (SSSR count). The summed E-state index contributed by atoms with van der Waals surface area (Å²) in [6, 6.07) is 7.25. The summed E-state index contributed by atoms with van der Waals surface area (Å²) >= 11 is 0. The van der Waals surface area contributed by atoms with Crippen molar-refractivity contribution in [2.75, 3.05) is 19.6 Å². The molecule has 0 radical (unpaired) electrons. The molecule has 144 valence electrons. The van der Waals surface area contributed by atoms with Crippen molar-refractivity contribution in [1.82, 2.24) is 10.2 Å². The summed E-state index contributed by atoms with van der Waals surface area (Å²) in [4.78, 5) is 15.7. The van der Waals surface area contributed by atoms with Crippen molar-refractivity contribution in [3.8, 4) is 0 Å². The van der Waals surface area contributed by atoms with Gasteiger partial charge in [-0.3, -0.25) is 9.69 Å². The van der Waals surface area contributed by atoms with E-state index in [2.05, 4.69) is 28.4 Å². The molecular weight excluding hydrogens is 344 g/mol. The van der Waals surface area contributed by atoms with Crippen molar-refractivity contribution in [2.24, 2.45) is 0 Å². The Morgan fingerprint density at radius 1 is 1.04 bits per heavy atom. The first-order chi connectivity index (χ1) is 12.3. The highest BCUT2D eigenvalue weighted by molar-refractivity contribution is 5.87. The van der Waals surface area contributed by atoms with E-state index in [-0.39, 0.29) is 18.4 Å². The van der Waals surface area contributed by atoms with E-state index >= 15 is 0 Å². The lowest BCUT2D eigenvalue weighted by Gasteiger charge is -2.36. The summed E-state index contributed by atoms with van der Waals surface area (Å²) in [6.45, 7) is 3.26. The van der Waals surface area contributed by atoms with Gasteiger partial charge in [-0.25, -0.2) is 0 Å². The van der Waals surface area contributed by atoms with Crippen molar-refractivity contribution >= 4 is 18.2 Å². The molecule has 26 heavy (non-hydrogen) atoms. The van der Waals surface area contributed by atoms with Crippen LogP contribution >= 0.6 is 12.4 Å². The summed E-state index contributed by atoms with van der Waals surface area (Å²) in [6.07, 6.45) is 11.8. The van der Waals surface area contributed by atoms with Crippen LogP contribution in [0.3, 0.4) is 0 Å². The second-order valence-corrected chi connectivity index (χ2v) is 8.20. The molecule has 3 nitrogen and oxygen atoms in total. The van der Waals surface area contributed by atoms with Crippen LogP contribution in [0.1, 0.15) is 61.6 Å². The zero-order valence-electron chi connectivity index (χ0n) is 15.8. The molecule has 0 spiro atoms. The van der Waals surface area contributed by atoms with Gasteiger partial charge in [0.2, 0.25) is 0 Å². The third-order valence-electron chi connectivity index (χ3n) is 6.38. The minimum absolute atomic E-state index is 0. The van der Waals surface area contributed by atoms with Gasteiger partial charge < -0.3 is 5.32 Å². The molecule has 2 unspecified atom stereocenters. The van der Waals surface area contributed by atoms with E-state index in [4.69, 9.17) is 0 Å². The highest BCUT2D eigenvalue weighted by Crippen LogP contribution is 2.25. The highest BCUT2D eigenvalue weighted by atomic mass is 35.5. The summed E-state index contributed by atoms with van der Waals surface area (Å²) in [7, 11) is 0. The molecule has 2 saturated heterocycles. The Balaban J connectivity index is 0.00000196. The smallest absolute Gasteiger partial charge is 0.155 e. The maximum Gasteiger partial charge on any atom is 0.155 e. The number of benzene rings is 1. The zero-order chi connectivity index (χ0) is 17.1. The van der Waals surface area contributed by atoms with Crippen LogP contribution < -0.4 is 5.32 Å². The van der Waals surface area contributed by atoms with Gasteiger partial charge in [0.25, 0.3) is 0 Å². The molecule has 0 aromatic heterocycles. The number of hydrogen-bond acceptors (Lipinski definition) is 3. The minimum atomic E-state index is 0. The molecule has 0 amide bonds. The Morgan fingerprint density at radius 3 is 2.54 bits per heavy atom. The molecule has 2 heterocycles. The van der Waals surface area contributed by atoms with Gasteiger partial charge in [-0.15, -0.1) is 12.4 Å². The molecule has 1 aromatic rings. The Bertz CT molecular complexity index is 606. The van der Waals surface area contributed by atoms with Crippen LogP contribution in [0, 0.1) is 0 Å². The SMILES string of the molecule is Cl.O=C(Cc1ccc2c(c1)CCCC2)C(C1CCCCN1)N1CCCC1. The number of piperidine rings is 1. The van der Waals surface area contributed by atoms with Crippen LogP contribution in [0.15, 0.2) is 18.2 Å². The number of halogens is 1. The molecule has 3 aliphatic rings. The molecule has 0 bridgehead atoms. The molecule has 2 aliphatic heterocycles. The molecule has 0 saturated carbocycles. The normalized spacial score (nSPS) is 24.5. The summed E-state index contributed by atoms with van der Waals surface area (Å²) in [5.74, 6) is 0.428. The first-order valence-corrected chi connectivity index (χ1v) is 10.4. The van der Waals surface area contributed by atoms with Crippen LogP contribution in [0.2, 0.25) is 0 Å². The van der Waals surface area contributed by atoms with Crippen LogP contribution in [0.4, 0.5) is 0 Å². The lowest BCUT2D eigenvalue weighted by atomic mass is 9.87. The Hall–Kier alpha value is -0.900. The zero-order valence-corrected chi connectivity index (χ0v) is 16.7. The Kier molecular flexibility index (Phi) is 7.13. The second-order valence-electron chi connectivity index (χ2n) is 8.20. The Morgan fingerprint density at radius 2 is 1.81 bits per heavy atom. The second kappa shape index (κ2) is 9.34. The van der Waals surface area contributed by atoms with Gasteiger partial charge in [0.15, 0.2) is 5.78 Å². The first-order valence-electron chi connectivity index (χ1n) is 10.4. The van der Waals surface area contributed by atoms with E-state index in [1.165, 1.54) is 68.1 Å². The van der Waals surface area contributed by atoms with Crippen molar-refractivity contribution in [3.05, 3.63) is 34.9 Å². The van der Waals surface area contributed by atoms with Crippen molar-refractivity contribution in [1.29, 1.82) is 0 Å². The van der Waals surface area contributed by atoms with Crippen LogP contribution in [-0.2, 0) is 24.1 Å². The molecule has 1 aromatic carbocycles. The van der Waals surface area contributed by atoms with Crippen molar-refractivity contribution < 1.29 is 4.79 Å². The minimum Gasteiger partial charge on any atom is -0.312 e. The van der Waals surface area contributed by atoms with Gasteiger partial charge in [-0.05, 0) is 87.7 Å². The van der Waals surface area contributed by atoms with E-state index in [1.54, 1.807) is 0 Å². The van der Waals surface area contributed by atoms with Crippen LogP contribution in [-0.4, -0.2) is 42.4 Å². The third kappa shape index (κ3) is 4.49. The van der Waals surface area contributed by atoms with E-state index in [0.717, 1.165) is 26.1 Å². The lowest BCUT2D eigenvalue weighted by Crippen LogP contribution is -2.55. The van der Waals surface area contributed by atoms with Gasteiger partial charge in [0.1, 0.15) is 0 Å². The first kappa shape index (κ1) is 19.9. The topological polar surface area (TPSA) is 32.3 Å². The predicted molar refractivity (Wildman–Crippen MR) is 109 cm³/mol. The van der Waals surface area contributed by atoms with Gasteiger partial charge in [0, 0.05) is 12.5 Å². The quantitative estimate of drug-likeness (QED) is 0.850. The fourth-order valence-electron chi connectivity index (χ4n) is 5.05. The number of likely N-dealkylation sites (tertiary alicyclic amines) is 1. The molecule has 1 aliphatic carbocycles. The van der Waals surface area contributed by atoms with Gasteiger partial charge in [0.05, 0.1) is 6.04 Å². The number of nitrogens with zero attached hydrogens (tertiary/aromatic N) is 1. The van der Waals surface area contributed by atoms with Crippen molar-refractivity contribution in [3.63, 3.8) is 0 Å². The molecule has 1 N–H and O–H groups in total. The number of carbonyl (C=O) groups is 1. The summed E-state index contributed by atoms with van der Waals surface area (Å²) in [5, 5.41) is 3.65. The average molecular weight is 377 g/mol. The van der Waals surface area contributed by atoms with Gasteiger partial charge >= 0.3 is 0 Å². The molecule has 4 heteroatoms. The molecule has 2 fully saturated rings. The van der Waals surface area contributed by atoms with Crippen molar-refractivity contribution in [2.45, 2.75) is 76.3 Å². The summed E-state index contributed by atoms with van der Waals surface area (Å²) in [5.41, 5.74) is 4.23. The fourth-order valence-corrected chi connectivity index (χ4v) is 5.05. The maximum atomic E-state index is 13.3. The van der Waals surface area contributed by atoms with E-state index in [0.29, 0.717) is 18.2 Å². The molecular formula is C22H33ClN2O. The number of Topliss-reactive ketones (excluding diaryl/α,β-unsaturated/α-hetero) is 1. The largest absolute Gasteiger partial charge is 0.312 e. The fraction of sp³-hybridized carbons (Fsp3) is 0.682. The lowest BCUT2D eigenvalue weighted by molar-refractivity contribution is -0.124. The number of fused-ring (bicyclic) bond motifs is 1. The number of aryl methyl sites for hydroxylation is 2. The Labute approximate surface area is 164 Å². The maximum absolute atomic E-state index is 13.3. The predicted octanol–water partition coefficient (Wildman–Crippen LogP) is 3.71. The van der Waals surface area contributed by atoms with Crippen LogP contribution in [0.25, 0.3) is 0 Å². The number of ketones is 1. The third-order valence-corrected chi connectivity index (χ3v) is 6.38. The van der Waals surface area contributed by atoms with Gasteiger partial charge in [-0.1, -0.05) is 24.6 Å². The van der Waals surface area contributed by atoms with E-state index in [9.17, 15) is 4.79 Å². The average Bonchev–Trinajstić information content (AvgIpc) is 3.17. The number of nitrogens with one attached hydrogen (secondary N) is 1. The number of hydrogen-bond donors (Lipinski definition) is 1. The van der Waals surface area contributed by atoms with E-state index < -0.39 is 0 Å². The van der Waals surface area contributed by atoms with Gasteiger partial charge in [-0.2, -0.15) is 0 Å². The van der Waals surface area contributed by atoms with E-state index in [1.807, 2.05) is 0 Å². The highest BCUT2D eigenvalue weighted by Gasteiger charge is 2.35. The van der Waals surface area contributed by atoms with Crippen LogP contribution in [0.5, 0.6) is 0 Å². The monoisotopic (exact) mass is 376 g/mol. The molecule has 2 atom stereocenters. The number of carbonyl (C=O) groups excluding carboxylic acids is 1. The number of rotatable bonds is 5. The summed E-state index contributed by atoms with van der Waals surface area (Å²) < 4.78 is 0.